The maximum absolute atomic E-state index is 13.1. The number of aryl methyl sites for hydroxylation is 1. The zero-order valence-corrected chi connectivity index (χ0v) is 16.9. The van der Waals surface area contributed by atoms with Crippen LogP contribution < -0.4 is 5.32 Å². The molecule has 1 aliphatic heterocycles. The maximum Gasteiger partial charge on any atom is 0.123 e. The van der Waals surface area contributed by atoms with Crippen molar-refractivity contribution >= 4 is 0 Å². The van der Waals surface area contributed by atoms with Crippen molar-refractivity contribution in [1.82, 2.24) is 5.32 Å². The summed E-state index contributed by atoms with van der Waals surface area (Å²) in [5.41, 5.74) is 3.94. The minimum Gasteiger partial charge on any atom is -0.375 e. The van der Waals surface area contributed by atoms with Gasteiger partial charge in [0, 0.05) is 18.6 Å². The third-order valence-corrected chi connectivity index (χ3v) is 6.18. The lowest BCUT2D eigenvalue weighted by Crippen LogP contribution is -2.46. The van der Waals surface area contributed by atoms with Crippen LogP contribution >= 0.6 is 0 Å². The molecule has 2 aromatic rings. The molecule has 0 unspecified atom stereocenters. The molecule has 0 amide bonds. The minimum absolute atomic E-state index is 0.0555. The standard InChI is InChI=1S/C24H32FNO/c1-4-23(3)18-24(14-16-27-23,21-9-5-19(2)6-10-21)13-15-26-17-20-7-11-22(25)12-8-20/h5-12,26H,4,13-18H2,1-3H3/t23-,24-/m1/s1. The van der Waals surface area contributed by atoms with Crippen molar-refractivity contribution in [1.29, 1.82) is 0 Å². The fourth-order valence-corrected chi connectivity index (χ4v) is 4.25. The molecule has 0 saturated carbocycles. The number of nitrogens with one attached hydrogen (secondary N) is 1. The molecule has 3 heteroatoms. The second-order valence-corrected chi connectivity index (χ2v) is 8.28. The van der Waals surface area contributed by atoms with Crippen LogP contribution in [0.5, 0.6) is 0 Å². The lowest BCUT2D eigenvalue weighted by molar-refractivity contribution is -0.0979. The predicted molar refractivity (Wildman–Crippen MR) is 109 cm³/mol. The molecule has 3 rings (SSSR count). The number of ether oxygens (including phenoxy) is 1. The van der Waals surface area contributed by atoms with E-state index in [9.17, 15) is 4.39 Å². The van der Waals surface area contributed by atoms with Gasteiger partial charge in [-0.25, -0.2) is 4.39 Å². The van der Waals surface area contributed by atoms with Crippen LogP contribution in [0.1, 0.15) is 56.2 Å². The highest BCUT2D eigenvalue weighted by Crippen LogP contribution is 2.45. The van der Waals surface area contributed by atoms with Gasteiger partial charge >= 0.3 is 0 Å². The summed E-state index contributed by atoms with van der Waals surface area (Å²) in [4.78, 5) is 0. The van der Waals surface area contributed by atoms with Crippen LogP contribution in [0.25, 0.3) is 0 Å². The fourth-order valence-electron chi connectivity index (χ4n) is 4.25. The Labute approximate surface area is 163 Å². The molecule has 0 spiro atoms. The molecule has 2 nitrogen and oxygen atoms in total. The molecule has 1 N–H and O–H groups in total. The Bertz CT molecular complexity index is 727. The molecular weight excluding hydrogens is 337 g/mol. The van der Waals surface area contributed by atoms with Gasteiger partial charge < -0.3 is 10.1 Å². The summed E-state index contributed by atoms with van der Waals surface area (Å²) in [7, 11) is 0. The van der Waals surface area contributed by atoms with Crippen molar-refractivity contribution in [2.45, 2.75) is 64.0 Å². The quantitative estimate of drug-likeness (QED) is 0.648. The van der Waals surface area contributed by atoms with Gasteiger partial charge in [0.15, 0.2) is 0 Å². The van der Waals surface area contributed by atoms with Crippen molar-refractivity contribution in [3.8, 4) is 0 Å². The first-order valence-electron chi connectivity index (χ1n) is 10.1. The highest BCUT2D eigenvalue weighted by Gasteiger charge is 2.43. The molecule has 1 saturated heterocycles. The first-order chi connectivity index (χ1) is 12.9. The van der Waals surface area contributed by atoms with Crippen LogP contribution in [0.2, 0.25) is 0 Å². The minimum atomic E-state index is -0.182. The van der Waals surface area contributed by atoms with E-state index in [1.54, 1.807) is 0 Å². The Hall–Kier alpha value is -1.71. The third-order valence-electron chi connectivity index (χ3n) is 6.18. The summed E-state index contributed by atoms with van der Waals surface area (Å²) < 4.78 is 19.2. The number of benzene rings is 2. The van der Waals surface area contributed by atoms with Gasteiger partial charge in [-0.1, -0.05) is 48.9 Å². The van der Waals surface area contributed by atoms with E-state index in [0.29, 0.717) is 0 Å². The van der Waals surface area contributed by atoms with Gasteiger partial charge in [0.1, 0.15) is 5.82 Å². The number of halogens is 1. The summed E-state index contributed by atoms with van der Waals surface area (Å²) in [6, 6.07) is 15.8. The highest BCUT2D eigenvalue weighted by atomic mass is 19.1. The van der Waals surface area contributed by atoms with Crippen LogP contribution in [0.3, 0.4) is 0 Å². The largest absolute Gasteiger partial charge is 0.375 e. The summed E-state index contributed by atoms with van der Waals surface area (Å²) in [6.45, 7) is 9.13. The zero-order valence-electron chi connectivity index (χ0n) is 16.9. The van der Waals surface area contributed by atoms with Gasteiger partial charge in [-0.05, 0) is 69.3 Å². The molecule has 0 aliphatic carbocycles. The van der Waals surface area contributed by atoms with Gasteiger partial charge in [0.2, 0.25) is 0 Å². The molecule has 1 aliphatic rings. The van der Waals surface area contributed by atoms with Crippen LogP contribution in [0, 0.1) is 12.7 Å². The first kappa shape index (κ1) is 20.0. The molecule has 27 heavy (non-hydrogen) atoms. The Morgan fingerprint density at radius 3 is 2.44 bits per heavy atom. The van der Waals surface area contributed by atoms with Gasteiger partial charge in [-0.15, -0.1) is 0 Å². The molecule has 1 heterocycles. The Balaban J connectivity index is 1.70. The second kappa shape index (κ2) is 8.53. The van der Waals surface area contributed by atoms with Gasteiger partial charge in [-0.3, -0.25) is 0 Å². The van der Waals surface area contributed by atoms with Crippen LogP contribution in [-0.4, -0.2) is 18.8 Å². The lowest BCUT2D eigenvalue weighted by atomic mass is 9.66. The van der Waals surface area contributed by atoms with Crippen molar-refractivity contribution < 1.29 is 9.13 Å². The zero-order chi connectivity index (χ0) is 19.3. The summed E-state index contributed by atoms with van der Waals surface area (Å²) in [5, 5.41) is 3.56. The SMILES string of the molecule is CC[C@]1(C)C[C@](CCNCc2ccc(F)cc2)(c2ccc(C)cc2)CCO1. The molecule has 1 fully saturated rings. The third kappa shape index (κ3) is 4.97. The average molecular weight is 370 g/mol. The summed E-state index contributed by atoms with van der Waals surface area (Å²) in [5.74, 6) is -0.182. The van der Waals surface area contributed by atoms with Crippen molar-refractivity contribution in [3.63, 3.8) is 0 Å². The maximum atomic E-state index is 13.1. The average Bonchev–Trinajstić information content (AvgIpc) is 2.67. The number of hydrogen-bond acceptors (Lipinski definition) is 2. The summed E-state index contributed by atoms with van der Waals surface area (Å²) >= 11 is 0. The van der Waals surface area contributed by atoms with Crippen LogP contribution in [0.4, 0.5) is 4.39 Å². The van der Waals surface area contributed by atoms with Crippen molar-refractivity contribution in [3.05, 3.63) is 71.0 Å². The molecule has 146 valence electrons. The van der Waals surface area contributed by atoms with Crippen molar-refractivity contribution in [2.24, 2.45) is 0 Å². The second-order valence-electron chi connectivity index (χ2n) is 8.28. The Morgan fingerprint density at radius 2 is 1.78 bits per heavy atom. The van der Waals surface area contributed by atoms with E-state index in [-0.39, 0.29) is 16.8 Å². The first-order valence-corrected chi connectivity index (χ1v) is 10.1. The fraction of sp³-hybridized carbons (Fsp3) is 0.500. The number of rotatable bonds is 7. The monoisotopic (exact) mass is 369 g/mol. The van der Waals surface area contributed by atoms with E-state index in [0.717, 1.165) is 50.9 Å². The van der Waals surface area contributed by atoms with E-state index in [1.807, 2.05) is 12.1 Å². The van der Waals surface area contributed by atoms with E-state index in [4.69, 9.17) is 4.74 Å². The predicted octanol–water partition coefficient (Wildman–Crippen LogP) is 5.53. The lowest BCUT2D eigenvalue weighted by Gasteiger charge is -2.47. The van der Waals surface area contributed by atoms with Gasteiger partial charge in [0.05, 0.1) is 5.60 Å². The topological polar surface area (TPSA) is 21.3 Å². The van der Waals surface area contributed by atoms with Gasteiger partial charge in [0.25, 0.3) is 0 Å². The molecular formula is C24H32FNO. The van der Waals surface area contributed by atoms with Crippen LogP contribution in [0.15, 0.2) is 48.5 Å². The molecule has 0 aromatic heterocycles. The van der Waals surface area contributed by atoms with Gasteiger partial charge in [-0.2, -0.15) is 0 Å². The van der Waals surface area contributed by atoms with Crippen molar-refractivity contribution in [2.75, 3.05) is 13.2 Å². The normalized spacial score (nSPS) is 25.5. The number of hydrogen-bond donors (Lipinski definition) is 1. The van der Waals surface area contributed by atoms with E-state index in [1.165, 1.54) is 23.3 Å². The summed E-state index contributed by atoms with van der Waals surface area (Å²) in [6.07, 6.45) is 4.22. The molecule has 0 radical (unpaired) electrons. The molecule has 2 atom stereocenters. The van der Waals surface area contributed by atoms with E-state index in [2.05, 4.69) is 50.4 Å². The Kier molecular flexibility index (Phi) is 6.33. The highest BCUT2D eigenvalue weighted by molar-refractivity contribution is 5.30. The van der Waals surface area contributed by atoms with E-state index >= 15 is 0 Å². The Morgan fingerprint density at radius 1 is 1.07 bits per heavy atom. The molecule has 0 bridgehead atoms. The van der Waals surface area contributed by atoms with E-state index < -0.39 is 0 Å². The smallest absolute Gasteiger partial charge is 0.123 e. The van der Waals surface area contributed by atoms with Crippen LogP contribution in [-0.2, 0) is 16.7 Å². The molecule has 2 aromatic carbocycles.